The van der Waals surface area contributed by atoms with Crippen LogP contribution in [-0.4, -0.2) is 63.3 Å². The Morgan fingerprint density at radius 3 is 2.50 bits per heavy atom. The minimum atomic E-state index is -1.14. The first-order valence-electron chi connectivity index (χ1n) is 6.43. The molecule has 2 aliphatic heterocycles. The summed E-state index contributed by atoms with van der Waals surface area (Å²) in [6.07, 6.45) is 0.0764. The molecule has 2 N–H and O–H groups in total. The summed E-state index contributed by atoms with van der Waals surface area (Å²) in [5.74, 6) is 0. The van der Waals surface area contributed by atoms with Gasteiger partial charge >= 0.3 is 0 Å². The Labute approximate surface area is 116 Å². The van der Waals surface area contributed by atoms with Gasteiger partial charge in [0.2, 0.25) is 0 Å². The lowest BCUT2D eigenvalue weighted by Gasteiger charge is -2.16. The molecule has 2 heterocycles. The molecule has 2 aliphatic rings. The molecule has 0 saturated carbocycles. The molecule has 6 heteroatoms. The van der Waals surface area contributed by atoms with Crippen LogP contribution in [-0.2, 0) is 4.74 Å². The van der Waals surface area contributed by atoms with E-state index in [1.807, 2.05) is 0 Å². The SMILES string of the molecule is C[C@@H]1S[C@H](COC[C@H]2CC[C@@H](CO)S2)[C@@H](O)[C@H]1F. The lowest BCUT2D eigenvalue weighted by atomic mass is 10.1. The van der Waals surface area contributed by atoms with Crippen LogP contribution >= 0.6 is 23.5 Å². The van der Waals surface area contributed by atoms with E-state index in [9.17, 15) is 9.50 Å². The molecule has 0 aliphatic carbocycles. The Kier molecular flexibility index (Phi) is 5.63. The maximum absolute atomic E-state index is 13.4. The molecule has 18 heavy (non-hydrogen) atoms. The summed E-state index contributed by atoms with van der Waals surface area (Å²) in [7, 11) is 0. The second kappa shape index (κ2) is 6.79. The van der Waals surface area contributed by atoms with Crippen molar-refractivity contribution in [2.24, 2.45) is 0 Å². The van der Waals surface area contributed by atoms with Crippen LogP contribution in [0.15, 0.2) is 0 Å². The van der Waals surface area contributed by atoms with Gasteiger partial charge in [-0.05, 0) is 12.8 Å². The largest absolute Gasteiger partial charge is 0.395 e. The van der Waals surface area contributed by atoms with Crippen molar-refractivity contribution in [2.75, 3.05) is 19.8 Å². The highest BCUT2D eigenvalue weighted by Crippen LogP contribution is 2.37. The van der Waals surface area contributed by atoms with E-state index in [1.165, 1.54) is 11.8 Å². The highest BCUT2D eigenvalue weighted by molar-refractivity contribution is 8.01. The monoisotopic (exact) mass is 296 g/mol. The topological polar surface area (TPSA) is 49.7 Å². The highest BCUT2D eigenvalue weighted by atomic mass is 32.2. The summed E-state index contributed by atoms with van der Waals surface area (Å²) >= 11 is 3.25. The van der Waals surface area contributed by atoms with Crippen molar-refractivity contribution in [3.8, 4) is 0 Å². The average Bonchev–Trinajstić information content (AvgIpc) is 2.91. The zero-order valence-electron chi connectivity index (χ0n) is 10.5. The summed E-state index contributed by atoms with van der Waals surface area (Å²) in [5.41, 5.74) is 0. The molecule has 2 fully saturated rings. The van der Waals surface area contributed by atoms with Crippen molar-refractivity contribution >= 4 is 23.5 Å². The number of hydrogen-bond donors (Lipinski definition) is 2. The summed E-state index contributed by atoms with van der Waals surface area (Å²) in [5, 5.41) is 19.2. The normalized spacial score (nSPS) is 44.7. The van der Waals surface area contributed by atoms with Gasteiger partial charge < -0.3 is 14.9 Å². The summed E-state index contributed by atoms with van der Waals surface area (Å²) < 4.78 is 19.0. The van der Waals surface area contributed by atoms with Gasteiger partial charge in [-0.3, -0.25) is 0 Å². The Hall–Kier alpha value is 0.510. The molecule has 0 aromatic heterocycles. The maximum Gasteiger partial charge on any atom is 0.139 e. The number of aliphatic hydroxyl groups excluding tert-OH is 2. The third kappa shape index (κ3) is 3.54. The second-order valence-corrected chi connectivity index (χ2v) is 8.22. The fourth-order valence-corrected chi connectivity index (χ4v) is 5.10. The van der Waals surface area contributed by atoms with Crippen LogP contribution in [0.2, 0.25) is 0 Å². The number of aliphatic hydroxyl groups is 2. The van der Waals surface area contributed by atoms with Crippen molar-refractivity contribution < 1.29 is 19.3 Å². The van der Waals surface area contributed by atoms with Gasteiger partial charge in [0.15, 0.2) is 0 Å². The first-order valence-corrected chi connectivity index (χ1v) is 8.32. The lowest BCUT2D eigenvalue weighted by Crippen LogP contribution is -2.31. The third-order valence-corrected chi connectivity index (χ3v) is 6.51. The molecule has 0 unspecified atom stereocenters. The Balaban J connectivity index is 1.64. The molecule has 0 spiro atoms. The number of halogens is 1. The van der Waals surface area contributed by atoms with Crippen LogP contribution in [0.3, 0.4) is 0 Å². The van der Waals surface area contributed by atoms with Crippen LogP contribution < -0.4 is 0 Å². The van der Waals surface area contributed by atoms with E-state index in [4.69, 9.17) is 9.84 Å². The van der Waals surface area contributed by atoms with Crippen LogP contribution in [0.5, 0.6) is 0 Å². The highest BCUT2D eigenvalue weighted by Gasteiger charge is 2.41. The quantitative estimate of drug-likeness (QED) is 0.804. The van der Waals surface area contributed by atoms with Gasteiger partial charge in [0, 0.05) is 15.7 Å². The van der Waals surface area contributed by atoms with Gasteiger partial charge in [0.1, 0.15) is 12.3 Å². The zero-order valence-corrected chi connectivity index (χ0v) is 12.1. The average molecular weight is 296 g/mol. The molecule has 0 bridgehead atoms. The predicted octanol–water partition coefficient (Wildman–Crippen LogP) is 1.46. The van der Waals surface area contributed by atoms with E-state index in [2.05, 4.69) is 0 Å². The van der Waals surface area contributed by atoms with Crippen molar-refractivity contribution in [2.45, 2.75) is 53.0 Å². The molecule has 106 valence electrons. The smallest absolute Gasteiger partial charge is 0.139 e. The summed E-state index contributed by atoms with van der Waals surface area (Å²) in [4.78, 5) is 0. The van der Waals surface area contributed by atoms with Crippen LogP contribution in [0, 0.1) is 0 Å². The maximum atomic E-state index is 13.4. The van der Waals surface area contributed by atoms with Gasteiger partial charge in [-0.1, -0.05) is 6.92 Å². The summed E-state index contributed by atoms with van der Waals surface area (Å²) in [6.45, 7) is 3.09. The van der Waals surface area contributed by atoms with Gasteiger partial charge in [-0.15, -0.1) is 11.8 Å². The van der Waals surface area contributed by atoms with Crippen LogP contribution in [0.4, 0.5) is 4.39 Å². The first kappa shape index (κ1) is 14.9. The minimum absolute atomic E-state index is 0.143. The molecule has 0 aromatic rings. The fraction of sp³-hybridized carbons (Fsp3) is 1.00. The van der Waals surface area contributed by atoms with E-state index in [0.29, 0.717) is 23.7 Å². The fourth-order valence-electron chi connectivity index (χ4n) is 2.40. The van der Waals surface area contributed by atoms with E-state index in [0.717, 1.165) is 12.8 Å². The number of rotatable bonds is 5. The molecule has 0 aromatic carbocycles. The summed E-state index contributed by atoms with van der Waals surface area (Å²) in [6, 6.07) is 0. The molecular formula is C12H21FO3S2. The minimum Gasteiger partial charge on any atom is -0.395 e. The molecular weight excluding hydrogens is 275 g/mol. The Morgan fingerprint density at radius 2 is 1.94 bits per heavy atom. The Morgan fingerprint density at radius 1 is 1.22 bits per heavy atom. The second-order valence-electron chi connectivity index (χ2n) is 4.99. The zero-order chi connectivity index (χ0) is 13.1. The van der Waals surface area contributed by atoms with Gasteiger partial charge in [0.05, 0.1) is 25.1 Å². The number of thioether (sulfide) groups is 2. The van der Waals surface area contributed by atoms with Crippen molar-refractivity contribution in [3.05, 3.63) is 0 Å². The van der Waals surface area contributed by atoms with E-state index in [-0.39, 0.29) is 17.1 Å². The standard InChI is InChI=1S/C12H21FO3S2/c1-7-11(13)12(15)10(17-7)6-16-5-9-3-2-8(4-14)18-9/h7-12,14-15H,2-6H2,1H3/t7-,8-,9+,10+,11-,12+/m0/s1. The Bertz CT molecular complexity index is 270. The van der Waals surface area contributed by atoms with Gasteiger partial charge in [-0.25, -0.2) is 4.39 Å². The number of ether oxygens (including phenoxy) is 1. The van der Waals surface area contributed by atoms with Crippen molar-refractivity contribution in [1.29, 1.82) is 0 Å². The predicted molar refractivity (Wildman–Crippen MR) is 74.0 cm³/mol. The third-order valence-electron chi connectivity index (χ3n) is 3.53. The number of alkyl halides is 1. The van der Waals surface area contributed by atoms with E-state index in [1.54, 1.807) is 18.7 Å². The lowest BCUT2D eigenvalue weighted by molar-refractivity contribution is 0.0521. The molecule has 3 nitrogen and oxygen atoms in total. The van der Waals surface area contributed by atoms with Crippen molar-refractivity contribution in [1.82, 2.24) is 0 Å². The molecule has 2 rings (SSSR count). The van der Waals surface area contributed by atoms with Gasteiger partial charge in [-0.2, -0.15) is 11.8 Å². The van der Waals surface area contributed by atoms with Crippen LogP contribution in [0.25, 0.3) is 0 Å². The molecule has 0 radical (unpaired) electrons. The van der Waals surface area contributed by atoms with E-state index < -0.39 is 12.3 Å². The number of hydrogen-bond acceptors (Lipinski definition) is 5. The first-order chi connectivity index (χ1) is 8.61. The van der Waals surface area contributed by atoms with Crippen LogP contribution in [0.1, 0.15) is 19.8 Å². The molecule has 0 amide bonds. The van der Waals surface area contributed by atoms with Gasteiger partial charge in [0.25, 0.3) is 0 Å². The van der Waals surface area contributed by atoms with Crippen molar-refractivity contribution in [3.63, 3.8) is 0 Å². The molecule has 6 atom stereocenters. The van der Waals surface area contributed by atoms with E-state index >= 15 is 0 Å². The molecule has 2 saturated heterocycles.